The number of pyridine rings is 1. The molecule has 0 bridgehead atoms. The molecule has 0 spiro atoms. The van der Waals surface area contributed by atoms with E-state index in [0.29, 0.717) is 0 Å². The average molecular weight is 298 g/mol. The highest BCUT2D eigenvalue weighted by Gasteiger charge is 2.20. The first-order valence-corrected chi connectivity index (χ1v) is 4.18. The summed E-state index contributed by atoms with van der Waals surface area (Å²) < 4.78 is 37.5. The van der Waals surface area contributed by atoms with Crippen LogP contribution in [0.4, 0.5) is 13.2 Å². The van der Waals surface area contributed by atoms with Gasteiger partial charge in [0.15, 0.2) is 11.5 Å². The van der Waals surface area contributed by atoms with E-state index < -0.39 is 23.5 Å². The summed E-state index contributed by atoms with van der Waals surface area (Å²) >= 11 is 1.54. The molecule has 1 aromatic heterocycles. The minimum absolute atomic E-state index is 0.0177. The number of nitriles is 1. The van der Waals surface area contributed by atoms with E-state index in [1.54, 1.807) is 22.6 Å². The maximum Gasteiger partial charge on any atom is 0.267 e. The molecule has 1 aromatic rings. The van der Waals surface area contributed by atoms with Crippen molar-refractivity contribution in [1.29, 1.82) is 5.26 Å². The molecule has 68 valence electrons. The summed E-state index contributed by atoms with van der Waals surface area (Å²) in [5, 5.41) is 8.32. The van der Waals surface area contributed by atoms with E-state index in [1.807, 2.05) is 0 Å². The Morgan fingerprint density at radius 1 is 1.54 bits per heavy atom. The molecule has 0 aliphatic rings. The van der Waals surface area contributed by atoms with E-state index in [2.05, 4.69) is 4.98 Å². The smallest absolute Gasteiger partial charge is 0.242 e. The van der Waals surface area contributed by atoms with Crippen LogP contribution in [-0.4, -0.2) is 4.98 Å². The molecule has 0 N–H and O–H groups in total. The summed E-state index contributed by atoms with van der Waals surface area (Å²) in [5.74, 6) is -1.23. The highest BCUT2D eigenvalue weighted by Crippen LogP contribution is 2.27. The zero-order valence-corrected chi connectivity index (χ0v) is 8.22. The molecular weight excluding hydrogens is 296 g/mol. The lowest BCUT2D eigenvalue weighted by atomic mass is 10.2. The molecule has 0 atom stereocenters. The topological polar surface area (TPSA) is 36.7 Å². The van der Waals surface area contributed by atoms with Gasteiger partial charge in [-0.05, 0) is 22.6 Å². The molecule has 2 nitrogen and oxygen atoms in total. The Balaban J connectivity index is 3.41. The van der Waals surface area contributed by atoms with Crippen LogP contribution in [0.3, 0.4) is 0 Å². The minimum atomic E-state index is -2.93. The van der Waals surface area contributed by atoms with E-state index in [1.165, 1.54) is 6.07 Å². The first-order valence-electron chi connectivity index (χ1n) is 3.10. The fraction of sp³-hybridized carbons (Fsp3) is 0.143. The van der Waals surface area contributed by atoms with E-state index in [-0.39, 0.29) is 3.57 Å². The largest absolute Gasteiger partial charge is 0.267 e. The number of halogens is 4. The van der Waals surface area contributed by atoms with Gasteiger partial charge >= 0.3 is 0 Å². The molecule has 0 aliphatic heterocycles. The van der Waals surface area contributed by atoms with Crippen molar-refractivity contribution in [1.82, 2.24) is 4.98 Å². The molecule has 0 aromatic carbocycles. The summed E-state index contributed by atoms with van der Waals surface area (Å²) in [6.07, 6.45) is -1.88. The molecule has 1 heterocycles. The monoisotopic (exact) mass is 298 g/mol. The molecule has 0 radical (unpaired) electrons. The van der Waals surface area contributed by atoms with Crippen molar-refractivity contribution in [3.63, 3.8) is 0 Å². The van der Waals surface area contributed by atoms with Gasteiger partial charge in [-0.1, -0.05) is 0 Å². The molecule has 0 saturated heterocycles. The van der Waals surface area contributed by atoms with Crippen molar-refractivity contribution in [2.75, 3.05) is 0 Å². The number of nitrogens with zero attached hydrogens (tertiary/aromatic N) is 2. The quantitative estimate of drug-likeness (QED) is 0.747. The Bertz CT molecular complexity index is 373. The number of alkyl halides is 2. The number of aromatic nitrogens is 1. The second-order valence-electron chi connectivity index (χ2n) is 2.09. The van der Waals surface area contributed by atoms with Crippen LogP contribution < -0.4 is 0 Å². The van der Waals surface area contributed by atoms with Crippen LogP contribution in [-0.2, 0) is 0 Å². The van der Waals surface area contributed by atoms with Gasteiger partial charge in [-0.15, -0.1) is 0 Å². The van der Waals surface area contributed by atoms with Crippen LogP contribution >= 0.6 is 22.6 Å². The molecule has 0 amide bonds. The molecule has 1 rings (SSSR count). The Kier molecular flexibility index (Phi) is 3.08. The summed E-state index contributed by atoms with van der Waals surface area (Å²) in [6.45, 7) is 0. The Hall–Kier alpha value is -0.840. The summed E-state index contributed by atoms with van der Waals surface area (Å²) in [6, 6.07) is 1.39. The molecule has 0 aliphatic carbocycles. The number of hydrogen-bond acceptors (Lipinski definition) is 2. The minimum Gasteiger partial charge on any atom is -0.242 e. The van der Waals surface area contributed by atoms with Crippen molar-refractivity contribution < 1.29 is 13.2 Å². The Labute approximate surface area is 85.5 Å². The van der Waals surface area contributed by atoms with E-state index in [9.17, 15) is 13.2 Å². The van der Waals surface area contributed by atoms with E-state index in [4.69, 9.17) is 5.26 Å². The number of hydrogen-bond donors (Lipinski definition) is 0. The molecule has 0 unspecified atom stereocenters. The highest BCUT2D eigenvalue weighted by molar-refractivity contribution is 14.1. The second-order valence-corrected chi connectivity index (χ2v) is 3.26. The lowest BCUT2D eigenvalue weighted by Gasteiger charge is -2.04. The van der Waals surface area contributed by atoms with Gasteiger partial charge in [0, 0.05) is 9.77 Å². The van der Waals surface area contributed by atoms with Crippen LogP contribution in [0, 0.1) is 20.7 Å². The van der Waals surface area contributed by atoms with Crippen LogP contribution in [0.2, 0.25) is 0 Å². The average Bonchev–Trinajstić information content (AvgIpc) is 2.04. The van der Waals surface area contributed by atoms with Crippen LogP contribution in [0.5, 0.6) is 0 Å². The molecule has 0 fully saturated rings. The standard InChI is InChI=1S/C7H2F3IN2/c8-6-4(1-12)13-2-3(11)5(6)7(9)10/h2,7H. The fourth-order valence-electron chi connectivity index (χ4n) is 0.758. The number of rotatable bonds is 1. The van der Waals surface area contributed by atoms with Gasteiger partial charge in [0.2, 0.25) is 0 Å². The third-order valence-electron chi connectivity index (χ3n) is 1.33. The molecular formula is C7H2F3IN2. The first kappa shape index (κ1) is 10.2. The second kappa shape index (κ2) is 3.91. The molecule has 6 heteroatoms. The summed E-state index contributed by atoms with van der Waals surface area (Å²) in [7, 11) is 0. The van der Waals surface area contributed by atoms with Crippen LogP contribution in [0.15, 0.2) is 6.20 Å². The summed E-state index contributed by atoms with van der Waals surface area (Å²) in [4.78, 5) is 3.36. The van der Waals surface area contributed by atoms with E-state index >= 15 is 0 Å². The van der Waals surface area contributed by atoms with Gasteiger partial charge < -0.3 is 0 Å². The molecule has 0 saturated carbocycles. The Morgan fingerprint density at radius 3 is 2.62 bits per heavy atom. The first-order chi connectivity index (χ1) is 6.07. The molecule has 13 heavy (non-hydrogen) atoms. The fourth-order valence-corrected chi connectivity index (χ4v) is 1.37. The maximum absolute atomic E-state index is 13.0. The zero-order chi connectivity index (χ0) is 10.0. The lowest BCUT2D eigenvalue weighted by Crippen LogP contribution is -2.00. The van der Waals surface area contributed by atoms with Gasteiger partial charge in [0.1, 0.15) is 6.07 Å². The van der Waals surface area contributed by atoms with Crippen LogP contribution in [0.1, 0.15) is 17.7 Å². The Morgan fingerprint density at radius 2 is 2.15 bits per heavy atom. The highest BCUT2D eigenvalue weighted by atomic mass is 127. The maximum atomic E-state index is 13.0. The van der Waals surface area contributed by atoms with Gasteiger partial charge in [-0.25, -0.2) is 18.2 Å². The van der Waals surface area contributed by atoms with Crippen molar-refractivity contribution in [2.45, 2.75) is 6.43 Å². The predicted molar refractivity (Wildman–Crippen MR) is 46.6 cm³/mol. The van der Waals surface area contributed by atoms with Crippen LogP contribution in [0.25, 0.3) is 0 Å². The predicted octanol–water partition coefficient (Wildman–Crippen LogP) is 2.63. The lowest BCUT2D eigenvalue weighted by molar-refractivity contribution is 0.145. The third kappa shape index (κ3) is 1.91. The van der Waals surface area contributed by atoms with Gasteiger partial charge in [-0.3, -0.25) is 0 Å². The van der Waals surface area contributed by atoms with Gasteiger partial charge in [0.25, 0.3) is 6.43 Å². The van der Waals surface area contributed by atoms with Gasteiger partial charge in [0.05, 0.1) is 5.56 Å². The van der Waals surface area contributed by atoms with Crippen molar-refractivity contribution in [2.24, 2.45) is 0 Å². The van der Waals surface area contributed by atoms with Crippen molar-refractivity contribution in [3.8, 4) is 6.07 Å². The van der Waals surface area contributed by atoms with Crippen molar-refractivity contribution in [3.05, 3.63) is 26.8 Å². The zero-order valence-electron chi connectivity index (χ0n) is 6.06. The normalized spacial score (nSPS) is 10.2. The van der Waals surface area contributed by atoms with Crippen molar-refractivity contribution >= 4 is 22.6 Å². The van der Waals surface area contributed by atoms with Gasteiger partial charge in [-0.2, -0.15) is 5.26 Å². The SMILES string of the molecule is N#Cc1ncc(I)c(C(F)F)c1F. The third-order valence-corrected chi connectivity index (χ3v) is 2.19. The summed E-state index contributed by atoms with van der Waals surface area (Å²) in [5.41, 5.74) is -1.36. The van der Waals surface area contributed by atoms with E-state index in [0.717, 1.165) is 6.20 Å².